The van der Waals surface area contributed by atoms with Gasteiger partial charge in [-0.2, -0.15) is 0 Å². The predicted octanol–water partition coefficient (Wildman–Crippen LogP) is 4.25. The molecule has 0 saturated carbocycles. The Kier molecular flexibility index (Phi) is 6.04. The highest BCUT2D eigenvalue weighted by Crippen LogP contribution is 2.31. The first-order valence-corrected chi connectivity index (χ1v) is 10.7. The Hall–Kier alpha value is -3.26. The maximum atomic E-state index is 12.1. The minimum Gasteiger partial charge on any atom is -0.352 e. The minimum atomic E-state index is -0.442. The van der Waals surface area contributed by atoms with Crippen molar-refractivity contribution in [3.8, 4) is 0 Å². The average Bonchev–Trinajstić information content (AvgIpc) is 3.21. The highest BCUT2D eigenvalue weighted by atomic mass is 32.1. The van der Waals surface area contributed by atoms with Gasteiger partial charge in [0, 0.05) is 37.8 Å². The van der Waals surface area contributed by atoms with Gasteiger partial charge in [-0.15, -0.1) is 0 Å². The summed E-state index contributed by atoms with van der Waals surface area (Å²) in [5.74, 6) is 0.300. The predicted molar refractivity (Wildman–Crippen MR) is 120 cm³/mol. The number of amides is 1. The number of benzene rings is 2. The van der Waals surface area contributed by atoms with Gasteiger partial charge in [0.15, 0.2) is 5.13 Å². The van der Waals surface area contributed by atoms with E-state index < -0.39 is 4.92 Å². The van der Waals surface area contributed by atoms with Crippen LogP contribution in [-0.2, 0) is 4.79 Å². The zero-order valence-electron chi connectivity index (χ0n) is 16.4. The lowest BCUT2D eigenvalue weighted by Crippen LogP contribution is -2.38. The molecule has 30 heavy (non-hydrogen) atoms. The van der Waals surface area contributed by atoms with Crippen LogP contribution < -0.4 is 10.2 Å². The minimum absolute atomic E-state index is 0.0359. The first kappa shape index (κ1) is 20.0. The van der Waals surface area contributed by atoms with Crippen molar-refractivity contribution in [2.45, 2.75) is 12.8 Å². The zero-order chi connectivity index (χ0) is 20.9. The number of nitrogens with zero attached hydrogens (tertiary/aromatic N) is 3. The molecule has 2 heterocycles. The molecule has 3 aromatic rings. The summed E-state index contributed by atoms with van der Waals surface area (Å²) in [5.41, 5.74) is 1.83. The van der Waals surface area contributed by atoms with Crippen LogP contribution in [0, 0.1) is 16.0 Å². The molecular weight excluding hydrogens is 400 g/mol. The number of rotatable bonds is 6. The lowest BCUT2D eigenvalue weighted by atomic mass is 9.97. The number of hydrogen-bond donors (Lipinski definition) is 1. The van der Waals surface area contributed by atoms with Crippen LogP contribution in [0.4, 0.5) is 10.8 Å². The van der Waals surface area contributed by atoms with Crippen molar-refractivity contribution in [1.82, 2.24) is 10.3 Å². The number of nitrogens with one attached hydrogen (secondary N) is 1. The third-order valence-electron chi connectivity index (χ3n) is 5.26. The molecule has 0 atom stereocenters. The zero-order valence-corrected chi connectivity index (χ0v) is 17.2. The second kappa shape index (κ2) is 9.04. The Labute approximate surface area is 178 Å². The number of carbonyl (C=O) groups is 1. The molecule has 1 fully saturated rings. The Bertz CT molecular complexity index is 1040. The highest BCUT2D eigenvalue weighted by Gasteiger charge is 2.21. The molecule has 4 rings (SSSR count). The van der Waals surface area contributed by atoms with Crippen LogP contribution >= 0.6 is 11.3 Å². The second-order valence-corrected chi connectivity index (χ2v) is 8.33. The number of anilines is 1. The van der Waals surface area contributed by atoms with Gasteiger partial charge in [-0.3, -0.25) is 14.9 Å². The summed E-state index contributed by atoms with van der Waals surface area (Å²) >= 11 is 1.73. The fraction of sp³-hybridized carbons (Fsp3) is 0.273. The summed E-state index contributed by atoms with van der Waals surface area (Å²) in [4.78, 5) is 29.4. The van der Waals surface area contributed by atoms with E-state index in [4.69, 9.17) is 4.98 Å². The summed E-state index contributed by atoms with van der Waals surface area (Å²) in [7, 11) is 0. The molecule has 0 spiro atoms. The summed E-state index contributed by atoms with van der Waals surface area (Å²) in [6.45, 7) is 2.54. The lowest BCUT2D eigenvalue weighted by Gasteiger charge is -2.31. The van der Waals surface area contributed by atoms with Crippen molar-refractivity contribution in [2.75, 3.05) is 24.5 Å². The van der Waals surface area contributed by atoms with Crippen molar-refractivity contribution in [3.63, 3.8) is 0 Å². The number of para-hydroxylation sites is 1. The number of nitro groups is 1. The van der Waals surface area contributed by atoms with E-state index in [1.807, 2.05) is 18.2 Å². The molecular formula is C22H22N4O3S. The van der Waals surface area contributed by atoms with Gasteiger partial charge in [0.2, 0.25) is 5.91 Å². The van der Waals surface area contributed by atoms with Gasteiger partial charge in [0.05, 0.1) is 15.1 Å². The molecule has 8 heteroatoms. The van der Waals surface area contributed by atoms with E-state index in [1.165, 1.54) is 22.9 Å². The molecule has 1 saturated heterocycles. The molecule has 1 amide bonds. The average molecular weight is 423 g/mol. The third-order valence-corrected chi connectivity index (χ3v) is 6.36. The molecule has 1 aliphatic rings. The van der Waals surface area contributed by atoms with Crippen LogP contribution in [0.1, 0.15) is 18.4 Å². The number of thiazole rings is 1. The maximum absolute atomic E-state index is 12.1. The number of non-ortho nitro benzene ring substituents is 1. The summed E-state index contributed by atoms with van der Waals surface area (Å²) in [6.07, 6.45) is 5.16. The number of nitro benzene ring substituents is 1. The second-order valence-electron chi connectivity index (χ2n) is 7.32. The van der Waals surface area contributed by atoms with E-state index in [9.17, 15) is 14.9 Å². The fourth-order valence-electron chi connectivity index (χ4n) is 3.51. The van der Waals surface area contributed by atoms with Crippen molar-refractivity contribution in [3.05, 3.63) is 70.3 Å². The van der Waals surface area contributed by atoms with E-state index >= 15 is 0 Å². The number of piperidine rings is 1. The molecule has 0 aliphatic carbocycles. The van der Waals surface area contributed by atoms with E-state index in [0.717, 1.165) is 42.1 Å². The molecule has 0 radical (unpaired) electrons. The number of aromatic nitrogens is 1. The van der Waals surface area contributed by atoms with Crippen LogP contribution in [0.2, 0.25) is 0 Å². The Morgan fingerprint density at radius 2 is 1.93 bits per heavy atom. The van der Waals surface area contributed by atoms with Crippen molar-refractivity contribution in [2.24, 2.45) is 5.92 Å². The van der Waals surface area contributed by atoms with Crippen molar-refractivity contribution in [1.29, 1.82) is 0 Å². The van der Waals surface area contributed by atoms with Gasteiger partial charge in [-0.25, -0.2) is 4.98 Å². The quantitative estimate of drug-likeness (QED) is 0.364. The van der Waals surface area contributed by atoms with Crippen LogP contribution in [0.25, 0.3) is 16.3 Å². The van der Waals surface area contributed by atoms with Crippen LogP contribution in [0.5, 0.6) is 0 Å². The molecule has 0 bridgehead atoms. The highest BCUT2D eigenvalue weighted by molar-refractivity contribution is 7.22. The number of carbonyl (C=O) groups excluding carboxylic acids is 1. The standard InChI is InChI=1S/C22H22N4O3S/c27-21(10-7-16-5-8-18(9-6-16)26(28)29)23-15-17-11-13-25(14-12-17)22-24-19-3-1-2-4-20(19)30-22/h1-10,17H,11-15H2,(H,23,27)/b10-7+. The van der Waals surface area contributed by atoms with E-state index in [1.54, 1.807) is 29.5 Å². The molecule has 2 aromatic carbocycles. The summed E-state index contributed by atoms with van der Waals surface area (Å²) in [5, 5.41) is 14.7. The van der Waals surface area contributed by atoms with Gasteiger partial charge >= 0.3 is 0 Å². The monoisotopic (exact) mass is 422 g/mol. The van der Waals surface area contributed by atoms with E-state index in [0.29, 0.717) is 12.5 Å². The first-order valence-electron chi connectivity index (χ1n) is 9.89. The SMILES string of the molecule is O=C(/C=C/c1ccc([N+](=O)[O-])cc1)NCC1CCN(c2nc3ccccc3s2)CC1. The van der Waals surface area contributed by atoms with Crippen LogP contribution in [0.15, 0.2) is 54.6 Å². The topological polar surface area (TPSA) is 88.4 Å². The maximum Gasteiger partial charge on any atom is 0.269 e. The van der Waals surface area contributed by atoms with E-state index in [-0.39, 0.29) is 11.6 Å². The van der Waals surface area contributed by atoms with Gasteiger partial charge in [-0.1, -0.05) is 23.5 Å². The third kappa shape index (κ3) is 4.83. The molecule has 1 N–H and O–H groups in total. The molecule has 7 nitrogen and oxygen atoms in total. The van der Waals surface area contributed by atoms with Crippen molar-refractivity contribution < 1.29 is 9.72 Å². The van der Waals surface area contributed by atoms with Crippen LogP contribution in [0.3, 0.4) is 0 Å². The summed E-state index contributed by atoms with van der Waals surface area (Å²) in [6, 6.07) is 14.3. The summed E-state index contributed by atoms with van der Waals surface area (Å²) < 4.78 is 1.21. The van der Waals surface area contributed by atoms with Gasteiger partial charge < -0.3 is 10.2 Å². The van der Waals surface area contributed by atoms with Gasteiger partial charge in [0.25, 0.3) is 5.69 Å². The molecule has 0 unspecified atom stereocenters. The fourth-order valence-corrected chi connectivity index (χ4v) is 4.52. The van der Waals surface area contributed by atoms with Crippen molar-refractivity contribution >= 4 is 44.4 Å². The Morgan fingerprint density at radius 3 is 2.63 bits per heavy atom. The molecule has 1 aromatic heterocycles. The number of fused-ring (bicyclic) bond motifs is 1. The molecule has 154 valence electrons. The first-order chi connectivity index (χ1) is 14.6. The van der Waals surface area contributed by atoms with E-state index in [2.05, 4.69) is 16.3 Å². The smallest absolute Gasteiger partial charge is 0.269 e. The largest absolute Gasteiger partial charge is 0.352 e. The van der Waals surface area contributed by atoms with Gasteiger partial charge in [0.1, 0.15) is 0 Å². The lowest BCUT2D eigenvalue weighted by molar-refractivity contribution is -0.384. The number of hydrogen-bond acceptors (Lipinski definition) is 6. The van der Waals surface area contributed by atoms with Gasteiger partial charge in [-0.05, 0) is 54.7 Å². The molecule has 1 aliphatic heterocycles. The van der Waals surface area contributed by atoms with Crippen LogP contribution in [-0.4, -0.2) is 35.4 Å². The Balaban J connectivity index is 1.23. The normalized spacial score (nSPS) is 15.0. The Morgan fingerprint density at radius 1 is 1.20 bits per heavy atom.